The summed E-state index contributed by atoms with van der Waals surface area (Å²) in [5.41, 5.74) is 7.20. The maximum atomic E-state index is 8.66. The third-order valence-electron chi connectivity index (χ3n) is 3.04. The highest BCUT2D eigenvalue weighted by Gasteiger charge is 2.13. The van der Waals surface area contributed by atoms with Crippen LogP contribution in [0.1, 0.15) is 32.0 Å². The molecule has 1 aromatic carbocycles. The van der Waals surface area contributed by atoms with E-state index in [0.29, 0.717) is 17.3 Å². The van der Waals surface area contributed by atoms with Gasteiger partial charge in [-0.1, -0.05) is 44.1 Å². The predicted octanol–water partition coefficient (Wildman–Crippen LogP) is 3.27. The molecule has 2 rings (SSSR count). The number of hydrogen-bond acceptors (Lipinski definition) is 4. The lowest BCUT2D eigenvalue weighted by atomic mass is 9.87. The van der Waals surface area contributed by atoms with Crippen LogP contribution in [0.3, 0.4) is 0 Å². The molecule has 21 heavy (non-hydrogen) atoms. The average molecular weight is 285 g/mol. The van der Waals surface area contributed by atoms with Gasteiger partial charge in [0.2, 0.25) is 5.88 Å². The van der Waals surface area contributed by atoms with E-state index in [1.165, 1.54) is 5.56 Å². The van der Waals surface area contributed by atoms with Gasteiger partial charge < -0.3 is 15.7 Å². The summed E-state index contributed by atoms with van der Waals surface area (Å²) >= 11 is 0. The van der Waals surface area contributed by atoms with Gasteiger partial charge in [-0.25, -0.2) is 4.98 Å². The Bertz CT molecular complexity index is 643. The summed E-state index contributed by atoms with van der Waals surface area (Å²) in [6, 6.07) is 13.0. The van der Waals surface area contributed by atoms with Crippen molar-refractivity contribution in [1.29, 1.82) is 0 Å². The maximum absolute atomic E-state index is 8.66. The number of benzene rings is 1. The second-order valence-corrected chi connectivity index (χ2v) is 5.72. The first-order chi connectivity index (χ1) is 9.90. The van der Waals surface area contributed by atoms with Crippen LogP contribution < -0.4 is 10.5 Å². The van der Waals surface area contributed by atoms with Crippen molar-refractivity contribution in [2.24, 2.45) is 10.9 Å². The SMILES string of the molecule is CC(C)(C)c1ccc(Oc2cccc(C(N)=NO)n2)cc1. The molecule has 0 atom stereocenters. The number of amidine groups is 1. The second-order valence-electron chi connectivity index (χ2n) is 5.72. The van der Waals surface area contributed by atoms with Crippen molar-refractivity contribution >= 4 is 5.84 Å². The Morgan fingerprint density at radius 2 is 1.81 bits per heavy atom. The largest absolute Gasteiger partial charge is 0.439 e. The van der Waals surface area contributed by atoms with E-state index in [9.17, 15) is 0 Å². The first kappa shape index (κ1) is 14.8. The first-order valence-electron chi connectivity index (χ1n) is 6.63. The highest BCUT2D eigenvalue weighted by Crippen LogP contribution is 2.26. The summed E-state index contributed by atoms with van der Waals surface area (Å²) in [5.74, 6) is 1.03. The molecule has 0 aliphatic rings. The molecule has 5 nitrogen and oxygen atoms in total. The normalized spacial score (nSPS) is 12.2. The van der Waals surface area contributed by atoms with Gasteiger partial charge in [-0.05, 0) is 29.2 Å². The molecule has 0 unspecified atom stereocenters. The molecule has 0 aliphatic carbocycles. The molecule has 0 saturated carbocycles. The van der Waals surface area contributed by atoms with E-state index >= 15 is 0 Å². The van der Waals surface area contributed by atoms with Gasteiger partial charge in [0.15, 0.2) is 5.84 Å². The molecule has 0 spiro atoms. The number of nitrogens with two attached hydrogens (primary N) is 1. The average Bonchev–Trinajstić information content (AvgIpc) is 2.46. The maximum Gasteiger partial charge on any atom is 0.219 e. The van der Waals surface area contributed by atoms with Crippen LogP contribution in [-0.4, -0.2) is 16.0 Å². The highest BCUT2D eigenvalue weighted by atomic mass is 16.5. The minimum Gasteiger partial charge on any atom is -0.439 e. The highest BCUT2D eigenvalue weighted by molar-refractivity contribution is 5.95. The van der Waals surface area contributed by atoms with Gasteiger partial charge >= 0.3 is 0 Å². The number of pyridine rings is 1. The first-order valence-corrected chi connectivity index (χ1v) is 6.63. The van der Waals surface area contributed by atoms with Crippen molar-refractivity contribution in [2.45, 2.75) is 26.2 Å². The van der Waals surface area contributed by atoms with E-state index in [2.05, 4.69) is 30.9 Å². The zero-order valence-electron chi connectivity index (χ0n) is 12.4. The van der Waals surface area contributed by atoms with Gasteiger partial charge in [-0.2, -0.15) is 0 Å². The lowest BCUT2D eigenvalue weighted by Gasteiger charge is -2.19. The lowest BCUT2D eigenvalue weighted by Crippen LogP contribution is -2.14. The lowest BCUT2D eigenvalue weighted by molar-refractivity contribution is 0.318. The van der Waals surface area contributed by atoms with E-state index in [1.807, 2.05) is 24.3 Å². The summed E-state index contributed by atoms with van der Waals surface area (Å²) in [7, 11) is 0. The molecule has 0 saturated heterocycles. The summed E-state index contributed by atoms with van der Waals surface area (Å²) in [6.07, 6.45) is 0. The van der Waals surface area contributed by atoms with Crippen molar-refractivity contribution in [3.63, 3.8) is 0 Å². The van der Waals surface area contributed by atoms with Gasteiger partial charge in [-0.15, -0.1) is 0 Å². The van der Waals surface area contributed by atoms with Crippen LogP contribution in [-0.2, 0) is 5.41 Å². The standard InChI is InChI=1S/C16H19N3O2/c1-16(2,3)11-7-9-12(10-8-11)21-14-6-4-5-13(18-14)15(17)19-20/h4-10,20H,1-3H3,(H2,17,19). The van der Waals surface area contributed by atoms with E-state index in [4.69, 9.17) is 15.7 Å². The van der Waals surface area contributed by atoms with Gasteiger partial charge in [0, 0.05) is 6.07 Å². The van der Waals surface area contributed by atoms with Crippen LogP contribution in [0.4, 0.5) is 0 Å². The number of aromatic nitrogens is 1. The Hall–Kier alpha value is -2.56. The molecule has 2 aromatic rings. The summed E-state index contributed by atoms with van der Waals surface area (Å²) in [5, 5.41) is 11.6. The van der Waals surface area contributed by atoms with Crippen molar-refractivity contribution < 1.29 is 9.94 Å². The molecule has 0 amide bonds. The van der Waals surface area contributed by atoms with Crippen molar-refractivity contribution in [1.82, 2.24) is 4.98 Å². The molecular weight excluding hydrogens is 266 g/mol. The third kappa shape index (κ3) is 3.72. The Labute approximate surface area is 124 Å². The Morgan fingerprint density at radius 3 is 2.38 bits per heavy atom. The summed E-state index contributed by atoms with van der Waals surface area (Å²) in [6.45, 7) is 6.47. The molecule has 0 bridgehead atoms. The molecule has 0 fully saturated rings. The molecule has 5 heteroatoms. The summed E-state index contributed by atoms with van der Waals surface area (Å²) in [4.78, 5) is 4.17. The fraction of sp³-hybridized carbons (Fsp3) is 0.250. The van der Waals surface area contributed by atoms with Gasteiger partial charge in [-0.3, -0.25) is 0 Å². The number of oxime groups is 1. The minimum atomic E-state index is -0.0523. The Kier molecular flexibility index (Phi) is 4.12. The monoisotopic (exact) mass is 285 g/mol. The van der Waals surface area contributed by atoms with Crippen molar-refractivity contribution in [2.75, 3.05) is 0 Å². The quantitative estimate of drug-likeness (QED) is 0.392. The van der Waals surface area contributed by atoms with Gasteiger partial charge in [0.25, 0.3) is 0 Å². The van der Waals surface area contributed by atoms with E-state index in [1.54, 1.807) is 18.2 Å². The zero-order chi connectivity index (χ0) is 15.5. The van der Waals surface area contributed by atoms with Crippen LogP contribution in [0.25, 0.3) is 0 Å². The molecule has 0 aliphatic heterocycles. The molecule has 1 aromatic heterocycles. The molecule has 110 valence electrons. The topological polar surface area (TPSA) is 80.7 Å². The van der Waals surface area contributed by atoms with Crippen LogP contribution in [0.5, 0.6) is 11.6 Å². The molecule has 3 N–H and O–H groups in total. The molecule has 0 radical (unpaired) electrons. The number of ether oxygens (including phenoxy) is 1. The Morgan fingerprint density at radius 1 is 1.14 bits per heavy atom. The molecule has 1 heterocycles. The van der Waals surface area contributed by atoms with Crippen LogP contribution >= 0.6 is 0 Å². The number of hydrogen-bond donors (Lipinski definition) is 2. The summed E-state index contributed by atoms with van der Waals surface area (Å²) < 4.78 is 5.68. The molecular formula is C16H19N3O2. The van der Waals surface area contributed by atoms with E-state index in [-0.39, 0.29) is 11.3 Å². The minimum absolute atomic E-state index is 0.0523. The van der Waals surface area contributed by atoms with Crippen LogP contribution in [0.15, 0.2) is 47.6 Å². The second kappa shape index (κ2) is 5.83. The zero-order valence-corrected chi connectivity index (χ0v) is 12.4. The fourth-order valence-electron chi connectivity index (χ4n) is 1.81. The number of rotatable bonds is 3. The van der Waals surface area contributed by atoms with Crippen molar-refractivity contribution in [3.05, 3.63) is 53.7 Å². The van der Waals surface area contributed by atoms with Crippen LogP contribution in [0, 0.1) is 0 Å². The van der Waals surface area contributed by atoms with Crippen LogP contribution in [0.2, 0.25) is 0 Å². The van der Waals surface area contributed by atoms with Gasteiger partial charge in [0.05, 0.1) is 0 Å². The van der Waals surface area contributed by atoms with E-state index in [0.717, 1.165) is 0 Å². The van der Waals surface area contributed by atoms with Crippen molar-refractivity contribution in [3.8, 4) is 11.6 Å². The number of nitrogens with zero attached hydrogens (tertiary/aromatic N) is 2. The van der Waals surface area contributed by atoms with E-state index < -0.39 is 0 Å². The van der Waals surface area contributed by atoms with Gasteiger partial charge in [0.1, 0.15) is 11.4 Å². The predicted molar refractivity (Wildman–Crippen MR) is 82.0 cm³/mol. The fourth-order valence-corrected chi connectivity index (χ4v) is 1.81. The smallest absolute Gasteiger partial charge is 0.219 e. The Balaban J connectivity index is 2.19. The third-order valence-corrected chi connectivity index (χ3v) is 3.04.